The molecule has 0 saturated carbocycles. The molecular weight excluding hydrogens is 342 g/mol. The first-order chi connectivity index (χ1) is 10.5. The summed E-state index contributed by atoms with van der Waals surface area (Å²) in [4.78, 5) is 24.6. The zero-order chi connectivity index (χ0) is 15.7. The monoisotopic (exact) mass is 357 g/mol. The van der Waals surface area contributed by atoms with Gasteiger partial charge in [-0.05, 0) is 37.1 Å². The van der Waals surface area contributed by atoms with Crippen LogP contribution in [0, 0.1) is 0 Å². The minimum absolute atomic E-state index is 0.0243. The van der Waals surface area contributed by atoms with Gasteiger partial charge in [0.25, 0.3) is 0 Å². The van der Waals surface area contributed by atoms with E-state index in [1.165, 1.54) is 0 Å². The van der Waals surface area contributed by atoms with Crippen molar-refractivity contribution in [3.05, 3.63) is 64.1 Å². The lowest BCUT2D eigenvalue weighted by Gasteiger charge is -2.30. The Balaban J connectivity index is 2.13. The van der Waals surface area contributed by atoms with E-state index in [2.05, 4.69) is 21.2 Å². The smallest absolute Gasteiger partial charge is 0.194 e. The minimum atomic E-state index is -0.880. The van der Waals surface area contributed by atoms with E-state index in [-0.39, 0.29) is 11.6 Å². The van der Waals surface area contributed by atoms with Crippen LogP contribution in [-0.2, 0) is 10.3 Å². The van der Waals surface area contributed by atoms with E-state index in [9.17, 15) is 9.59 Å². The number of benzene rings is 2. The molecule has 2 aromatic carbocycles. The Labute approximate surface area is 137 Å². The highest BCUT2D eigenvalue weighted by molar-refractivity contribution is 9.10. The highest BCUT2D eigenvalue weighted by atomic mass is 79.9. The van der Waals surface area contributed by atoms with Gasteiger partial charge in [0.15, 0.2) is 5.78 Å². The van der Waals surface area contributed by atoms with Gasteiger partial charge >= 0.3 is 0 Å². The van der Waals surface area contributed by atoms with E-state index < -0.39 is 5.54 Å². The summed E-state index contributed by atoms with van der Waals surface area (Å²) in [7, 11) is 0. The molecule has 0 saturated heterocycles. The van der Waals surface area contributed by atoms with Gasteiger partial charge < -0.3 is 10.1 Å². The van der Waals surface area contributed by atoms with Gasteiger partial charge in [-0.25, -0.2) is 0 Å². The number of ketones is 2. The molecule has 112 valence electrons. The Morgan fingerprint density at radius 2 is 1.82 bits per heavy atom. The van der Waals surface area contributed by atoms with E-state index in [0.717, 1.165) is 15.7 Å². The molecule has 4 heteroatoms. The van der Waals surface area contributed by atoms with Gasteiger partial charge in [0.1, 0.15) is 11.3 Å². The van der Waals surface area contributed by atoms with Gasteiger partial charge in [-0.15, -0.1) is 0 Å². The van der Waals surface area contributed by atoms with Crippen LogP contribution in [0.2, 0.25) is 0 Å². The Hall–Kier alpha value is -1.94. The second-order valence-electron chi connectivity index (χ2n) is 5.59. The van der Waals surface area contributed by atoms with E-state index in [1.807, 2.05) is 48.5 Å². The summed E-state index contributed by atoms with van der Waals surface area (Å²) < 4.78 is 0.868. The molecular formula is C18H16BrNO2. The highest BCUT2D eigenvalue weighted by Crippen LogP contribution is 2.44. The van der Waals surface area contributed by atoms with Crippen molar-refractivity contribution >= 4 is 33.2 Å². The lowest BCUT2D eigenvalue weighted by molar-refractivity contribution is -0.117. The van der Waals surface area contributed by atoms with Crippen LogP contribution in [0.15, 0.2) is 53.0 Å². The second-order valence-corrected chi connectivity index (χ2v) is 6.44. The first-order valence-corrected chi connectivity index (χ1v) is 8.00. The topological polar surface area (TPSA) is 46.2 Å². The molecule has 0 amide bonds. The van der Waals surface area contributed by atoms with Crippen molar-refractivity contribution in [3.63, 3.8) is 0 Å². The van der Waals surface area contributed by atoms with Crippen molar-refractivity contribution in [2.75, 3.05) is 5.32 Å². The van der Waals surface area contributed by atoms with Crippen LogP contribution in [-0.4, -0.2) is 11.6 Å². The molecule has 1 atom stereocenters. The standard InChI is InChI=1S/C18H16BrNO2/c1-12(21)10-11-18(14-7-3-4-8-15(14)19)17(22)13-6-2-5-9-16(13)20-18/h2-9,20H,10-11H2,1H3. The summed E-state index contributed by atoms with van der Waals surface area (Å²) in [6, 6.07) is 15.2. The molecule has 0 aliphatic carbocycles. The number of halogens is 1. The number of carbonyl (C=O) groups is 2. The Morgan fingerprint density at radius 3 is 2.50 bits per heavy atom. The highest BCUT2D eigenvalue weighted by Gasteiger charge is 2.47. The molecule has 1 heterocycles. The maximum atomic E-state index is 13.1. The second kappa shape index (κ2) is 5.69. The summed E-state index contributed by atoms with van der Waals surface area (Å²) in [5, 5.41) is 3.38. The van der Waals surface area contributed by atoms with Gasteiger partial charge in [-0.3, -0.25) is 4.79 Å². The number of hydrogen-bond acceptors (Lipinski definition) is 3. The molecule has 0 radical (unpaired) electrons. The average Bonchev–Trinajstić information content (AvgIpc) is 2.80. The van der Waals surface area contributed by atoms with Crippen molar-refractivity contribution in [2.45, 2.75) is 25.3 Å². The van der Waals surface area contributed by atoms with Crippen LogP contribution in [0.25, 0.3) is 0 Å². The van der Waals surface area contributed by atoms with Crippen LogP contribution >= 0.6 is 15.9 Å². The van der Waals surface area contributed by atoms with E-state index >= 15 is 0 Å². The molecule has 2 aromatic rings. The van der Waals surface area contributed by atoms with E-state index in [4.69, 9.17) is 0 Å². The van der Waals surface area contributed by atoms with Gasteiger partial charge in [0, 0.05) is 22.1 Å². The molecule has 3 rings (SSSR count). The van der Waals surface area contributed by atoms with Crippen LogP contribution in [0.1, 0.15) is 35.7 Å². The maximum absolute atomic E-state index is 13.1. The molecule has 0 spiro atoms. The molecule has 0 fully saturated rings. The molecule has 0 bridgehead atoms. The lowest BCUT2D eigenvalue weighted by atomic mass is 9.81. The minimum Gasteiger partial charge on any atom is -0.368 e. The van der Waals surface area contributed by atoms with Crippen molar-refractivity contribution in [1.29, 1.82) is 0 Å². The summed E-state index contributed by atoms with van der Waals surface area (Å²) in [6.07, 6.45) is 0.798. The fraction of sp³-hybridized carbons (Fsp3) is 0.222. The number of nitrogens with one attached hydrogen (secondary N) is 1. The summed E-state index contributed by atoms with van der Waals surface area (Å²) in [6.45, 7) is 1.56. The zero-order valence-corrected chi connectivity index (χ0v) is 13.8. The summed E-state index contributed by atoms with van der Waals surface area (Å²) >= 11 is 3.54. The number of hydrogen-bond donors (Lipinski definition) is 1. The molecule has 1 aliphatic rings. The van der Waals surface area contributed by atoms with Crippen LogP contribution in [0.5, 0.6) is 0 Å². The largest absolute Gasteiger partial charge is 0.368 e. The SMILES string of the molecule is CC(=O)CCC1(c2ccccc2Br)Nc2ccccc2C1=O. The van der Waals surface area contributed by atoms with Crippen LogP contribution in [0.3, 0.4) is 0 Å². The molecule has 1 N–H and O–H groups in total. The normalized spacial score (nSPS) is 19.6. The number of rotatable bonds is 4. The first kappa shape index (κ1) is 15.0. The van der Waals surface area contributed by atoms with E-state index in [1.54, 1.807) is 6.92 Å². The fourth-order valence-electron chi connectivity index (χ4n) is 2.98. The molecule has 1 aliphatic heterocycles. The third-order valence-corrected chi connectivity index (χ3v) is 4.78. The Bertz CT molecular complexity index is 756. The lowest BCUT2D eigenvalue weighted by Crippen LogP contribution is -2.39. The van der Waals surface area contributed by atoms with Crippen molar-refractivity contribution in [2.24, 2.45) is 0 Å². The van der Waals surface area contributed by atoms with Crippen LogP contribution < -0.4 is 5.32 Å². The summed E-state index contributed by atoms with van der Waals surface area (Å²) in [5.74, 6) is 0.105. The number of anilines is 1. The average molecular weight is 358 g/mol. The zero-order valence-electron chi connectivity index (χ0n) is 12.2. The molecule has 22 heavy (non-hydrogen) atoms. The quantitative estimate of drug-likeness (QED) is 0.885. The van der Waals surface area contributed by atoms with Crippen molar-refractivity contribution in [1.82, 2.24) is 0 Å². The number of Topliss-reactive ketones (excluding diaryl/α,β-unsaturated/α-hetero) is 2. The summed E-state index contributed by atoms with van der Waals surface area (Å²) in [5.41, 5.74) is 1.50. The Kier molecular flexibility index (Phi) is 3.87. The third-order valence-electron chi connectivity index (χ3n) is 4.09. The van der Waals surface area contributed by atoms with Gasteiger partial charge in [0.05, 0.1) is 0 Å². The number of fused-ring (bicyclic) bond motifs is 1. The van der Waals surface area contributed by atoms with Gasteiger partial charge in [-0.1, -0.05) is 46.3 Å². The van der Waals surface area contributed by atoms with E-state index in [0.29, 0.717) is 18.4 Å². The maximum Gasteiger partial charge on any atom is 0.194 e. The number of para-hydroxylation sites is 1. The van der Waals surface area contributed by atoms with Crippen LogP contribution in [0.4, 0.5) is 5.69 Å². The Morgan fingerprint density at radius 1 is 1.14 bits per heavy atom. The predicted molar refractivity (Wildman–Crippen MR) is 90.1 cm³/mol. The van der Waals surface area contributed by atoms with Crippen molar-refractivity contribution < 1.29 is 9.59 Å². The molecule has 1 unspecified atom stereocenters. The van der Waals surface area contributed by atoms with Gasteiger partial charge in [0.2, 0.25) is 0 Å². The molecule has 3 nitrogen and oxygen atoms in total. The first-order valence-electron chi connectivity index (χ1n) is 7.21. The fourth-order valence-corrected chi connectivity index (χ4v) is 3.60. The molecule has 0 aromatic heterocycles. The predicted octanol–water partition coefficient (Wildman–Crippen LogP) is 4.32. The third kappa shape index (κ3) is 2.37. The number of carbonyl (C=O) groups excluding carboxylic acids is 2. The van der Waals surface area contributed by atoms with Crippen molar-refractivity contribution in [3.8, 4) is 0 Å². The van der Waals surface area contributed by atoms with Gasteiger partial charge in [-0.2, -0.15) is 0 Å².